The summed E-state index contributed by atoms with van der Waals surface area (Å²) in [6.07, 6.45) is 0.878. The van der Waals surface area contributed by atoms with Gasteiger partial charge < -0.3 is 24.8 Å². The molecule has 2 aromatic heterocycles. The third-order valence-corrected chi connectivity index (χ3v) is 7.11. The number of nitrogens with one attached hydrogen (secondary N) is 2. The Morgan fingerprint density at radius 2 is 2.06 bits per heavy atom. The van der Waals surface area contributed by atoms with Crippen molar-refractivity contribution in [2.75, 3.05) is 32.1 Å². The quantitative estimate of drug-likeness (QED) is 0.421. The van der Waals surface area contributed by atoms with Crippen molar-refractivity contribution in [2.24, 2.45) is 7.05 Å². The van der Waals surface area contributed by atoms with Crippen molar-refractivity contribution in [2.45, 2.75) is 12.5 Å². The van der Waals surface area contributed by atoms with Gasteiger partial charge in [-0.3, -0.25) is 9.59 Å². The first-order valence-corrected chi connectivity index (χ1v) is 12.0. The molecule has 3 heterocycles. The van der Waals surface area contributed by atoms with Gasteiger partial charge in [0.1, 0.15) is 0 Å². The molecule has 1 aliphatic heterocycles. The van der Waals surface area contributed by atoms with E-state index >= 15 is 0 Å². The number of imidazole rings is 1. The molecule has 0 aliphatic carbocycles. The molecule has 2 amide bonds. The van der Waals surface area contributed by atoms with Crippen molar-refractivity contribution in [3.63, 3.8) is 0 Å². The summed E-state index contributed by atoms with van der Waals surface area (Å²) in [5.41, 5.74) is 2.82. The molecule has 176 valence electrons. The van der Waals surface area contributed by atoms with Crippen molar-refractivity contribution in [1.82, 2.24) is 24.8 Å². The van der Waals surface area contributed by atoms with E-state index in [1.54, 1.807) is 24.1 Å². The van der Waals surface area contributed by atoms with E-state index in [1.165, 1.54) is 11.3 Å². The minimum absolute atomic E-state index is 0.0516. The minimum atomic E-state index is -0.319. The van der Waals surface area contributed by atoms with Crippen molar-refractivity contribution in [3.05, 3.63) is 47.0 Å². The molecular formula is C23H23ClN6O3S. The second-order valence-corrected chi connectivity index (χ2v) is 9.59. The van der Waals surface area contributed by atoms with E-state index in [4.69, 9.17) is 16.3 Å². The monoisotopic (exact) mass is 498 g/mol. The number of hydrogen-bond acceptors (Lipinski definition) is 7. The number of ether oxygens (including phenoxy) is 1. The van der Waals surface area contributed by atoms with Gasteiger partial charge in [0.05, 0.1) is 33.9 Å². The number of hydrogen-bond donors (Lipinski definition) is 2. The van der Waals surface area contributed by atoms with Gasteiger partial charge >= 0.3 is 0 Å². The van der Waals surface area contributed by atoms with Crippen molar-refractivity contribution >= 4 is 67.1 Å². The standard InChI is InChI=1S/C23H23ClN6O3S/c1-29-18-6-3-13(21(32)25-11-20(31)30-8-7-15(12-30)33-2)9-17(18)26-22(29)28-23-27-16-5-4-14(24)10-19(16)34-23/h3-6,9-10,15H,7-8,11-12H2,1-2H3,(H,25,32)(H,26,27,28). The van der Waals surface area contributed by atoms with Crippen LogP contribution in [0.1, 0.15) is 16.8 Å². The van der Waals surface area contributed by atoms with E-state index in [9.17, 15) is 9.59 Å². The molecule has 11 heteroatoms. The highest BCUT2D eigenvalue weighted by Gasteiger charge is 2.26. The second-order valence-electron chi connectivity index (χ2n) is 8.12. The predicted octanol–water partition coefficient (Wildman–Crippen LogP) is 3.56. The number of amides is 2. The predicted molar refractivity (Wildman–Crippen MR) is 133 cm³/mol. The molecule has 5 rings (SSSR count). The van der Waals surface area contributed by atoms with Gasteiger partial charge in [-0.1, -0.05) is 22.9 Å². The number of nitrogens with zero attached hydrogens (tertiary/aromatic N) is 4. The fourth-order valence-corrected chi connectivity index (χ4v) is 5.15. The van der Waals surface area contributed by atoms with Crippen molar-refractivity contribution in [3.8, 4) is 0 Å². The number of aryl methyl sites for hydroxylation is 1. The maximum absolute atomic E-state index is 12.7. The van der Waals surface area contributed by atoms with E-state index in [-0.39, 0.29) is 24.5 Å². The van der Waals surface area contributed by atoms with Crippen LogP contribution in [0.4, 0.5) is 11.1 Å². The van der Waals surface area contributed by atoms with Gasteiger partial charge in [-0.25, -0.2) is 9.97 Å². The topological polar surface area (TPSA) is 101 Å². The lowest BCUT2D eigenvalue weighted by atomic mass is 10.2. The molecule has 1 unspecified atom stereocenters. The fourth-order valence-electron chi connectivity index (χ4n) is 4.02. The Morgan fingerprint density at radius 1 is 1.21 bits per heavy atom. The number of carbonyl (C=O) groups excluding carboxylic acids is 2. The average molecular weight is 499 g/mol. The van der Waals surface area contributed by atoms with E-state index in [2.05, 4.69) is 20.6 Å². The first kappa shape index (κ1) is 22.6. The van der Waals surface area contributed by atoms with Gasteiger partial charge in [-0.05, 0) is 42.8 Å². The molecule has 34 heavy (non-hydrogen) atoms. The fraction of sp³-hybridized carbons (Fsp3) is 0.304. The smallest absolute Gasteiger partial charge is 0.251 e. The summed E-state index contributed by atoms with van der Waals surface area (Å²) in [7, 11) is 3.54. The van der Waals surface area contributed by atoms with Crippen LogP contribution in [0.15, 0.2) is 36.4 Å². The van der Waals surface area contributed by atoms with Crippen molar-refractivity contribution in [1.29, 1.82) is 0 Å². The molecule has 4 aromatic rings. The summed E-state index contributed by atoms with van der Waals surface area (Å²) in [5.74, 6) is 0.172. The molecule has 1 aliphatic rings. The average Bonchev–Trinajstić information content (AvgIpc) is 3.54. The molecule has 2 N–H and O–H groups in total. The van der Waals surface area contributed by atoms with Gasteiger partial charge in [0, 0.05) is 37.8 Å². The SMILES string of the molecule is COC1CCN(C(=O)CNC(=O)c2ccc3c(c2)nc(Nc2nc4ccc(Cl)cc4s2)n3C)C1. The Bertz CT molecular complexity index is 1400. The largest absolute Gasteiger partial charge is 0.380 e. The molecule has 0 radical (unpaired) electrons. The zero-order valence-corrected chi connectivity index (χ0v) is 20.2. The molecule has 2 aromatic carbocycles. The van der Waals surface area contributed by atoms with Crippen LogP contribution in [-0.4, -0.2) is 64.1 Å². The van der Waals surface area contributed by atoms with Crippen LogP contribution in [0.3, 0.4) is 0 Å². The van der Waals surface area contributed by atoms with E-state index < -0.39 is 0 Å². The first-order chi connectivity index (χ1) is 16.4. The third-order valence-electron chi connectivity index (χ3n) is 5.94. The highest BCUT2D eigenvalue weighted by atomic mass is 35.5. The van der Waals surface area contributed by atoms with Crippen LogP contribution in [0.2, 0.25) is 5.02 Å². The molecule has 1 fully saturated rings. The highest BCUT2D eigenvalue weighted by Crippen LogP contribution is 2.31. The zero-order valence-electron chi connectivity index (χ0n) is 18.7. The molecule has 1 atom stereocenters. The zero-order chi connectivity index (χ0) is 23.8. The number of thiazole rings is 1. The molecular weight excluding hydrogens is 476 g/mol. The molecule has 0 saturated carbocycles. The number of likely N-dealkylation sites (tertiary alicyclic amines) is 1. The van der Waals surface area contributed by atoms with Gasteiger partial charge in [-0.15, -0.1) is 0 Å². The molecule has 0 spiro atoms. The summed E-state index contributed by atoms with van der Waals surface area (Å²) >= 11 is 7.56. The lowest BCUT2D eigenvalue weighted by Crippen LogP contribution is -2.39. The molecule has 9 nitrogen and oxygen atoms in total. The Morgan fingerprint density at radius 3 is 2.85 bits per heavy atom. The number of carbonyl (C=O) groups is 2. The Labute approximate surface area is 204 Å². The maximum Gasteiger partial charge on any atom is 0.251 e. The Kier molecular flexibility index (Phi) is 6.11. The van der Waals surface area contributed by atoms with Gasteiger partial charge in [0.2, 0.25) is 11.9 Å². The Balaban J connectivity index is 1.28. The van der Waals surface area contributed by atoms with Crippen LogP contribution < -0.4 is 10.6 Å². The maximum atomic E-state index is 12.7. The van der Waals surface area contributed by atoms with E-state index in [0.717, 1.165) is 22.2 Å². The number of aromatic nitrogens is 3. The van der Waals surface area contributed by atoms with E-state index in [1.807, 2.05) is 35.9 Å². The summed E-state index contributed by atoms with van der Waals surface area (Å²) in [6, 6.07) is 10.9. The van der Waals surface area contributed by atoms with Crippen LogP contribution in [0.5, 0.6) is 0 Å². The lowest BCUT2D eigenvalue weighted by molar-refractivity contribution is -0.129. The number of benzene rings is 2. The summed E-state index contributed by atoms with van der Waals surface area (Å²) in [4.78, 5) is 36.0. The summed E-state index contributed by atoms with van der Waals surface area (Å²) in [5, 5.41) is 7.33. The van der Waals surface area contributed by atoms with Crippen LogP contribution in [-0.2, 0) is 16.6 Å². The van der Waals surface area contributed by atoms with E-state index in [0.29, 0.717) is 40.3 Å². The number of fused-ring (bicyclic) bond motifs is 2. The van der Waals surface area contributed by atoms with Crippen LogP contribution >= 0.6 is 22.9 Å². The van der Waals surface area contributed by atoms with Crippen LogP contribution in [0.25, 0.3) is 21.3 Å². The number of methoxy groups -OCH3 is 1. The van der Waals surface area contributed by atoms with Gasteiger partial charge in [-0.2, -0.15) is 0 Å². The summed E-state index contributed by atoms with van der Waals surface area (Å²) in [6.45, 7) is 1.15. The number of anilines is 2. The van der Waals surface area contributed by atoms with Crippen LogP contribution in [0, 0.1) is 0 Å². The lowest BCUT2D eigenvalue weighted by Gasteiger charge is -2.16. The Hall–Kier alpha value is -3.21. The normalized spacial score (nSPS) is 15.9. The van der Waals surface area contributed by atoms with Gasteiger partial charge in [0.15, 0.2) is 5.13 Å². The van der Waals surface area contributed by atoms with Crippen molar-refractivity contribution < 1.29 is 14.3 Å². The molecule has 0 bridgehead atoms. The summed E-state index contributed by atoms with van der Waals surface area (Å²) < 4.78 is 8.17. The first-order valence-electron chi connectivity index (χ1n) is 10.8. The molecule has 1 saturated heterocycles. The highest BCUT2D eigenvalue weighted by molar-refractivity contribution is 7.22. The third kappa shape index (κ3) is 4.44. The number of rotatable bonds is 6. The second kappa shape index (κ2) is 9.21. The number of halogens is 1. The minimum Gasteiger partial charge on any atom is -0.380 e. The van der Waals surface area contributed by atoms with Gasteiger partial charge in [0.25, 0.3) is 5.91 Å².